The first-order chi connectivity index (χ1) is 11.7. The molecule has 1 aromatic heterocycles. The molecule has 0 unspecified atom stereocenters. The predicted molar refractivity (Wildman–Crippen MR) is 91.3 cm³/mol. The summed E-state index contributed by atoms with van der Waals surface area (Å²) in [6, 6.07) is 7.47. The average molecular weight is 383 g/mol. The van der Waals surface area contributed by atoms with Crippen LogP contribution in [0.3, 0.4) is 0 Å². The summed E-state index contributed by atoms with van der Waals surface area (Å²) in [7, 11) is -2.36. The SMILES string of the molecule is COC(=O)c1cnc(Sc2ccccc2NS(C)(=O)=O)c([N+](=O)[O-])c1. The number of pyridine rings is 1. The number of ether oxygens (including phenoxy) is 1. The van der Waals surface area contributed by atoms with Gasteiger partial charge in [0.25, 0.3) is 0 Å². The van der Waals surface area contributed by atoms with Gasteiger partial charge in [-0.25, -0.2) is 18.2 Å². The number of hydrogen-bond donors (Lipinski definition) is 1. The highest BCUT2D eigenvalue weighted by Crippen LogP contribution is 2.37. The van der Waals surface area contributed by atoms with Gasteiger partial charge < -0.3 is 4.74 Å². The van der Waals surface area contributed by atoms with Crippen LogP contribution in [-0.2, 0) is 14.8 Å². The number of hydrogen-bond acceptors (Lipinski definition) is 8. The number of nitrogens with zero attached hydrogens (tertiary/aromatic N) is 2. The quantitative estimate of drug-likeness (QED) is 0.457. The van der Waals surface area contributed by atoms with Crippen molar-refractivity contribution in [3.8, 4) is 0 Å². The van der Waals surface area contributed by atoms with E-state index in [1.165, 1.54) is 6.07 Å². The van der Waals surface area contributed by atoms with E-state index < -0.39 is 20.9 Å². The monoisotopic (exact) mass is 383 g/mol. The Labute approximate surface area is 147 Å². The summed E-state index contributed by atoms with van der Waals surface area (Å²) >= 11 is 0.906. The predicted octanol–water partition coefficient (Wildman–Crippen LogP) is 2.30. The maximum absolute atomic E-state index is 11.5. The van der Waals surface area contributed by atoms with Gasteiger partial charge in [-0.05, 0) is 12.1 Å². The summed E-state index contributed by atoms with van der Waals surface area (Å²) in [6.45, 7) is 0. The maximum atomic E-state index is 11.5. The van der Waals surface area contributed by atoms with Gasteiger partial charge in [0.15, 0.2) is 5.03 Å². The molecule has 0 radical (unpaired) electrons. The van der Waals surface area contributed by atoms with Crippen molar-refractivity contribution in [3.63, 3.8) is 0 Å². The lowest BCUT2D eigenvalue weighted by molar-refractivity contribution is -0.388. The van der Waals surface area contributed by atoms with Crippen LogP contribution in [0.2, 0.25) is 0 Å². The van der Waals surface area contributed by atoms with E-state index in [2.05, 4.69) is 14.4 Å². The zero-order chi connectivity index (χ0) is 18.6. The van der Waals surface area contributed by atoms with Gasteiger partial charge in [-0.2, -0.15) is 0 Å². The minimum atomic E-state index is -3.52. The molecule has 2 rings (SSSR count). The average Bonchev–Trinajstić information content (AvgIpc) is 2.54. The van der Waals surface area contributed by atoms with E-state index in [0.29, 0.717) is 4.90 Å². The van der Waals surface area contributed by atoms with Crippen LogP contribution in [-0.4, -0.2) is 37.7 Å². The minimum absolute atomic E-state index is 0.0143. The number of rotatable bonds is 6. The zero-order valence-electron chi connectivity index (χ0n) is 13.1. The molecule has 0 aliphatic heterocycles. The highest BCUT2D eigenvalue weighted by molar-refractivity contribution is 7.99. The van der Waals surface area contributed by atoms with Crippen LogP contribution in [0.1, 0.15) is 10.4 Å². The number of para-hydroxylation sites is 1. The van der Waals surface area contributed by atoms with Crippen molar-refractivity contribution >= 4 is 39.1 Å². The molecule has 0 saturated carbocycles. The molecule has 0 aliphatic rings. The number of benzene rings is 1. The summed E-state index contributed by atoms with van der Waals surface area (Å²) < 4.78 is 29.7. The van der Waals surface area contributed by atoms with Crippen LogP contribution in [0.5, 0.6) is 0 Å². The molecule has 0 saturated heterocycles. The molecule has 0 atom stereocenters. The number of anilines is 1. The second-order valence-corrected chi connectivity index (χ2v) is 7.55. The molecule has 132 valence electrons. The van der Waals surface area contributed by atoms with Crippen molar-refractivity contribution in [2.75, 3.05) is 18.1 Å². The first-order valence-electron chi connectivity index (χ1n) is 6.68. The molecular formula is C14H13N3O6S2. The Balaban J connectivity index is 2.44. The van der Waals surface area contributed by atoms with Gasteiger partial charge in [0, 0.05) is 17.2 Å². The smallest absolute Gasteiger partial charge is 0.339 e. The van der Waals surface area contributed by atoms with Gasteiger partial charge in [0.1, 0.15) is 0 Å². The summed E-state index contributed by atoms with van der Waals surface area (Å²) in [5.41, 5.74) is -0.175. The van der Waals surface area contributed by atoms with Crippen molar-refractivity contribution in [1.82, 2.24) is 4.98 Å². The van der Waals surface area contributed by atoms with E-state index in [-0.39, 0.29) is 22.0 Å². The molecule has 0 spiro atoms. The first-order valence-corrected chi connectivity index (χ1v) is 9.39. The Kier molecular flexibility index (Phi) is 5.59. The van der Waals surface area contributed by atoms with Gasteiger partial charge in [-0.3, -0.25) is 14.8 Å². The third kappa shape index (κ3) is 4.90. The fraction of sp³-hybridized carbons (Fsp3) is 0.143. The lowest BCUT2D eigenvalue weighted by Gasteiger charge is -2.10. The lowest BCUT2D eigenvalue weighted by atomic mass is 10.3. The number of sulfonamides is 1. The number of carbonyl (C=O) groups is 1. The van der Waals surface area contributed by atoms with Crippen molar-refractivity contribution in [2.24, 2.45) is 0 Å². The molecule has 0 amide bonds. The molecule has 0 aliphatic carbocycles. The summed E-state index contributed by atoms with van der Waals surface area (Å²) in [5.74, 6) is -0.744. The number of nitro groups is 1. The molecule has 9 nitrogen and oxygen atoms in total. The van der Waals surface area contributed by atoms with E-state index in [0.717, 1.165) is 37.4 Å². The van der Waals surface area contributed by atoms with E-state index in [4.69, 9.17) is 0 Å². The van der Waals surface area contributed by atoms with Crippen LogP contribution in [0.25, 0.3) is 0 Å². The molecule has 2 aromatic rings. The topological polar surface area (TPSA) is 128 Å². The van der Waals surface area contributed by atoms with Crippen LogP contribution in [0, 0.1) is 10.1 Å². The van der Waals surface area contributed by atoms with Gasteiger partial charge in [0.05, 0.1) is 29.5 Å². The van der Waals surface area contributed by atoms with Gasteiger partial charge in [-0.15, -0.1) is 0 Å². The van der Waals surface area contributed by atoms with Gasteiger partial charge >= 0.3 is 11.7 Å². The highest BCUT2D eigenvalue weighted by atomic mass is 32.2. The molecule has 0 bridgehead atoms. The number of aromatic nitrogens is 1. The van der Waals surface area contributed by atoms with Crippen LogP contribution >= 0.6 is 11.8 Å². The third-order valence-corrected chi connectivity index (χ3v) is 4.51. The number of nitrogens with one attached hydrogen (secondary N) is 1. The zero-order valence-corrected chi connectivity index (χ0v) is 14.8. The number of esters is 1. The molecule has 1 aromatic carbocycles. The Morgan fingerprint density at radius 1 is 1.36 bits per heavy atom. The Morgan fingerprint density at radius 3 is 2.64 bits per heavy atom. The fourth-order valence-corrected chi connectivity index (χ4v) is 3.39. The van der Waals surface area contributed by atoms with Crippen LogP contribution in [0.15, 0.2) is 46.5 Å². The number of carbonyl (C=O) groups excluding carboxylic acids is 1. The Hall–Kier alpha value is -2.66. The summed E-state index contributed by atoms with van der Waals surface area (Å²) in [6.07, 6.45) is 2.16. The second-order valence-electron chi connectivity index (χ2n) is 4.77. The van der Waals surface area contributed by atoms with Crippen molar-refractivity contribution in [1.29, 1.82) is 0 Å². The Bertz CT molecular complexity index is 930. The van der Waals surface area contributed by atoms with Gasteiger partial charge in [-0.1, -0.05) is 23.9 Å². The van der Waals surface area contributed by atoms with E-state index in [1.54, 1.807) is 18.2 Å². The summed E-state index contributed by atoms with van der Waals surface area (Å²) in [4.78, 5) is 26.5. The largest absolute Gasteiger partial charge is 0.465 e. The van der Waals surface area contributed by atoms with E-state index in [9.17, 15) is 23.3 Å². The molecule has 1 N–H and O–H groups in total. The maximum Gasteiger partial charge on any atom is 0.339 e. The summed E-state index contributed by atoms with van der Waals surface area (Å²) in [5, 5.41) is 11.3. The van der Waals surface area contributed by atoms with Crippen molar-refractivity contribution in [2.45, 2.75) is 9.92 Å². The Morgan fingerprint density at radius 2 is 2.04 bits per heavy atom. The lowest BCUT2D eigenvalue weighted by Crippen LogP contribution is -2.10. The molecule has 11 heteroatoms. The second kappa shape index (κ2) is 7.49. The van der Waals surface area contributed by atoms with Crippen LogP contribution in [0.4, 0.5) is 11.4 Å². The molecule has 25 heavy (non-hydrogen) atoms. The van der Waals surface area contributed by atoms with Crippen LogP contribution < -0.4 is 4.72 Å². The van der Waals surface area contributed by atoms with Gasteiger partial charge in [0.2, 0.25) is 10.0 Å². The molecule has 1 heterocycles. The fourth-order valence-electron chi connectivity index (χ4n) is 1.82. The van der Waals surface area contributed by atoms with Crippen molar-refractivity contribution in [3.05, 3.63) is 52.2 Å². The third-order valence-electron chi connectivity index (χ3n) is 2.84. The number of methoxy groups -OCH3 is 1. The normalized spacial score (nSPS) is 11.0. The highest BCUT2D eigenvalue weighted by Gasteiger charge is 2.21. The van der Waals surface area contributed by atoms with Crippen molar-refractivity contribution < 1.29 is 22.9 Å². The van der Waals surface area contributed by atoms with E-state index >= 15 is 0 Å². The molecular weight excluding hydrogens is 370 g/mol. The minimum Gasteiger partial charge on any atom is -0.465 e. The standard InChI is InChI=1S/C14H13N3O6S2/c1-23-14(18)9-7-11(17(19)20)13(15-8-9)24-12-6-4-3-5-10(12)16-25(2,21)22/h3-8,16H,1-2H3. The van der Waals surface area contributed by atoms with E-state index in [1.807, 2.05) is 0 Å². The molecule has 0 fully saturated rings. The first kappa shape index (κ1) is 18.7.